The number of halogens is 2. The van der Waals surface area contributed by atoms with Crippen molar-refractivity contribution in [1.82, 2.24) is 0 Å². The first-order valence-electron chi connectivity index (χ1n) is 10.7. The van der Waals surface area contributed by atoms with Crippen molar-refractivity contribution in [2.45, 2.75) is 19.1 Å². The normalized spacial score (nSPS) is 21.8. The van der Waals surface area contributed by atoms with Crippen molar-refractivity contribution in [2.75, 3.05) is 16.6 Å². The predicted octanol–water partition coefficient (Wildman–Crippen LogP) is 5.15. The Balaban J connectivity index is 1.58. The topological polar surface area (TPSA) is 79.3 Å². The Labute approximate surface area is 206 Å². The molecule has 2 amide bonds. The average molecular weight is 499 g/mol. The van der Waals surface area contributed by atoms with Gasteiger partial charge in [-0.1, -0.05) is 41.4 Å². The number of benzene rings is 3. The van der Waals surface area contributed by atoms with E-state index in [-0.39, 0.29) is 15.8 Å². The maximum Gasteiger partial charge on any atom is 0.266 e. The van der Waals surface area contributed by atoms with Crippen LogP contribution in [-0.2, 0) is 14.4 Å². The fourth-order valence-electron chi connectivity index (χ4n) is 4.45. The van der Waals surface area contributed by atoms with Gasteiger partial charge in [-0.2, -0.15) is 0 Å². The van der Waals surface area contributed by atoms with Crippen LogP contribution in [0.2, 0.25) is 10.0 Å². The average Bonchev–Trinajstić information content (AvgIpc) is 3.34. The summed E-state index contributed by atoms with van der Waals surface area (Å²) in [6.07, 6.45) is -1.08. The molecule has 2 heterocycles. The summed E-state index contributed by atoms with van der Waals surface area (Å²) in [4.78, 5) is 34.2. The predicted molar refractivity (Wildman–Crippen MR) is 128 cm³/mol. The molecule has 0 unspecified atom stereocenters. The summed E-state index contributed by atoms with van der Waals surface area (Å²) in [5.74, 6) is -1.46. The largest absolute Gasteiger partial charge is 0.506 e. The molecule has 7 nitrogen and oxygen atoms in total. The number of hydrogen-bond acceptors (Lipinski definition) is 6. The molecule has 3 atom stereocenters. The molecule has 1 N–H and O–H groups in total. The highest BCUT2D eigenvalue weighted by Crippen LogP contribution is 2.51. The standard InChI is InChI=1S/C25H20Cl2N2O5/c1-2-33-17-10-8-15(9-11-17)28-24(31)20-21(18-12-14(26)13-19(27)22(18)30)29(34-23(20)25(28)32)16-6-4-3-5-7-16/h3-13,20-21,23,30H,2H2,1H3/t20-,21-,23+/m0/s1. The highest BCUT2D eigenvalue weighted by atomic mass is 35.5. The van der Waals surface area contributed by atoms with Gasteiger partial charge in [-0.25, -0.2) is 9.96 Å². The number of fused-ring (bicyclic) bond motifs is 1. The lowest BCUT2D eigenvalue weighted by molar-refractivity contribution is -0.126. The first kappa shape index (κ1) is 22.5. The summed E-state index contributed by atoms with van der Waals surface area (Å²) in [7, 11) is 0. The molecule has 0 spiro atoms. The number of anilines is 2. The lowest BCUT2D eigenvalue weighted by Gasteiger charge is -2.29. The van der Waals surface area contributed by atoms with Gasteiger partial charge in [-0.3, -0.25) is 14.4 Å². The van der Waals surface area contributed by atoms with Gasteiger partial charge in [0.05, 0.1) is 29.0 Å². The van der Waals surface area contributed by atoms with E-state index in [0.29, 0.717) is 29.3 Å². The number of carbonyl (C=O) groups is 2. The van der Waals surface area contributed by atoms with Gasteiger partial charge in [0.25, 0.3) is 5.91 Å². The van der Waals surface area contributed by atoms with Crippen LogP contribution in [0.15, 0.2) is 66.7 Å². The molecule has 2 fully saturated rings. The number of amides is 2. The van der Waals surface area contributed by atoms with Crippen LogP contribution in [0.5, 0.6) is 11.5 Å². The van der Waals surface area contributed by atoms with Crippen LogP contribution in [0.1, 0.15) is 18.5 Å². The Morgan fingerprint density at radius 2 is 1.68 bits per heavy atom. The highest BCUT2D eigenvalue weighted by molar-refractivity contribution is 6.35. The molecular formula is C25H20Cl2N2O5. The summed E-state index contributed by atoms with van der Waals surface area (Å²) < 4.78 is 5.45. The third kappa shape index (κ3) is 3.66. The summed E-state index contributed by atoms with van der Waals surface area (Å²) >= 11 is 12.4. The minimum absolute atomic E-state index is 0.0408. The van der Waals surface area contributed by atoms with Gasteiger partial charge in [0, 0.05) is 10.6 Å². The molecule has 2 aliphatic heterocycles. The van der Waals surface area contributed by atoms with Gasteiger partial charge in [0.2, 0.25) is 5.91 Å². The van der Waals surface area contributed by atoms with Crippen molar-refractivity contribution in [3.05, 3.63) is 82.3 Å². The minimum atomic E-state index is -1.08. The van der Waals surface area contributed by atoms with Gasteiger partial charge in [0.15, 0.2) is 6.10 Å². The molecule has 0 radical (unpaired) electrons. The van der Waals surface area contributed by atoms with E-state index in [1.165, 1.54) is 17.2 Å². The van der Waals surface area contributed by atoms with E-state index in [0.717, 1.165) is 4.90 Å². The van der Waals surface area contributed by atoms with Crippen LogP contribution in [0.25, 0.3) is 0 Å². The molecule has 2 saturated heterocycles. The van der Waals surface area contributed by atoms with Gasteiger partial charge in [-0.15, -0.1) is 0 Å². The van der Waals surface area contributed by atoms with Crippen LogP contribution >= 0.6 is 23.2 Å². The third-order valence-electron chi connectivity index (χ3n) is 5.91. The summed E-state index contributed by atoms with van der Waals surface area (Å²) in [5, 5.41) is 12.6. The number of carbonyl (C=O) groups excluding carboxylic acids is 2. The zero-order valence-corrected chi connectivity index (χ0v) is 19.5. The van der Waals surface area contributed by atoms with Crippen molar-refractivity contribution in [2.24, 2.45) is 5.92 Å². The summed E-state index contributed by atoms with van der Waals surface area (Å²) in [5.41, 5.74) is 1.32. The molecule has 5 rings (SSSR count). The summed E-state index contributed by atoms with van der Waals surface area (Å²) in [6, 6.07) is 17.8. The molecule has 3 aromatic rings. The Hall–Kier alpha value is -3.26. The second-order valence-corrected chi connectivity index (χ2v) is 8.77. The quantitative estimate of drug-likeness (QED) is 0.490. The van der Waals surface area contributed by atoms with Crippen molar-refractivity contribution in [3.8, 4) is 11.5 Å². The van der Waals surface area contributed by atoms with E-state index < -0.39 is 29.9 Å². The van der Waals surface area contributed by atoms with Crippen molar-refractivity contribution >= 4 is 46.4 Å². The lowest BCUT2D eigenvalue weighted by atomic mass is 9.90. The zero-order valence-electron chi connectivity index (χ0n) is 18.0. The number of phenols is 1. The van der Waals surface area contributed by atoms with E-state index in [1.54, 1.807) is 36.4 Å². The first-order chi connectivity index (χ1) is 16.4. The first-order valence-corrected chi connectivity index (χ1v) is 11.5. The molecule has 0 aliphatic carbocycles. The number of hydroxylamine groups is 1. The molecule has 0 saturated carbocycles. The smallest absolute Gasteiger partial charge is 0.266 e. The molecule has 3 aromatic carbocycles. The van der Waals surface area contributed by atoms with Gasteiger partial charge >= 0.3 is 0 Å². The second-order valence-electron chi connectivity index (χ2n) is 7.92. The number of hydrogen-bond donors (Lipinski definition) is 1. The maximum absolute atomic E-state index is 13.7. The zero-order chi connectivity index (χ0) is 24.0. The van der Waals surface area contributed by atoms with Crippen LogP contribution < -0.4 is 14.7 Å². The lowest BCUT2D eigenvalue weighted by Crippen LogP contribution is -2.37. The monoisotopic (exact) mass is 498 g/mol. The number of rotatable bonds is 5. The molecule has 174 valence electrons. The minimum Gasteiger partial charge on any atom is -0.506 e. The van der Waals surface area contributed by atoms with Crippen LogP contribution in [-0.4, -0.2) is 29.6 Å². The fourth-order valence-corrected chi connectivity index (χ4v) is 4.96. The molecule has 9 heteroatoms. The van der Waals surface area contributed by atoms with Crippen LogP contribution in [0.4, 0.5) is 11.4 Å². The Morgan fingerprint density at radius 1 is 0.971 bits per heavy atom. The van der Waals surface area contributed by atoms with Gasteiger partial charge in [-0.05, 0) is 55.5 Å². The Bertz CT molecular complexity index is 1250. The fraction of sp³-hybridized carbons (Fsp3) is 0.200. The van der Waals surface area contributed by atoms with Crippen molar-refractivity contribution in [3.63, 3.8) is 0 Å². The Morgan fingerprint density at radius 3 is 2.35 bits per heavy atom. The maximum atomic E-state index is 13.7. The van der Waals surface area contributed by atoms with Gasteiger partial charge < -0.3 is 9.84 Å². The number of nitrogens with zero attached hydrogens (tertiary/aromatic N) is 2. The van der Waals surface area contributed by atoms with E-state index in [1.807, 2.05) is 25.1 Å². The highest BCUT2D eigenvalue weighted by Gasteiger charge is 2.60. The third-order valence-corrected chi connectivity index (χ3v) is 6.41. The van der Waals surface area contributed by atoms with E-state index in [2.05, 4.69) is 0 Å². The molecule has 0 aromatic heterocycles. The van der Waals surface area contributed by atoms with Crippen LogP contribution in [0.3, 0.4) is 0 Å². The van der Waals surface area contributed by atoms with Gasteiger partial charge in [0.1, 0.15) is 17.4 Å². The van der Waals surface area contributed by atoms with Crippen LogP contribution in [0, 0.1) is 5.92 Å². The molecule has 0 bridgehead atoms. The Kier molecular flexibility index (Phi) is 5.85. The number of phenolic OH excluding ortho intramolecular Hbond substituents is 1. The molecule has 2 aliphatic rings. The van der Waals surface area contributed by atoms with E-state index in [9.17, 15) is 14.7 Å². The second kappa shape index (κ2) is 8.83. The SMILES string of the molecule is CCOc1ccc(N2C(=O)[C@@H]3[C@@H](ON(c4ccccc4)[C@H]3c3cc(Cl)cc(Cl)c3O)C2=O)cc1. The molecular weight excluding hydrogens is 479 g/mol. The van der Waals surface area contributed by atoms with Crippen molar-refractivity contribution < 1.29 is 24.3 Å². The summed E-state index contributed by atoms with van der Waals surface area (Å²) in [6.45, 7) is 2.37. The van der Waals surface area contributed by atoms with Crippen molar-refractivity contribution in [1.29, 1.82) is 0 Å². The number of para-hydroxylation sites is 1. The molecule has 34 heavy (non-hydrogen) atoms. The number of imide groups is 1. The number of aromatic hydroxyl groups is 1. The van der Waals surface area contributed by atoms with E-state index in [4.69, 9.17) is 32.8 Å². The number of ether oxygens (including phenoxy) is 1. The van der Waals surface area contributed by atoms with E-state index >= 15 is 0 Å².